The zero-order valence-corrected chi connectivity index (χ0v) is 10.8. The summed E-state index contributed by atoms with van der Waals surface area (Å²) in [6.45, 7) is 3.67. The molecule has 1 aromatic rings. The third-order valence-electron chi connectivity index (χ3n) is 2.47. The first-order chi connectivity index (χ1) is 7.51. The predicted octanol–water partition coefficient (Wildman–Crippen LogP) is 2.59. The third-order valence-corrected chi connectivity index (χ3v) is 2.75. The summed E-state index contributed by atoms with van der Waals surface area (Å²) in [5.41, 5.74) is 1.92. The number of benzene rings is 1. The van der Waals surface area contributed by atoms with E-state index < -0.39 is 6.10 Å². The minimum Gasteiger partial charge on any atom is -0.493 e. The molecule has 0 fully saturated rings. The maximum absolute atomic E-state index is 9.40. The Labute approximate surface area is 101 Å². The van der Waals surface area contributed by atoms with Gasteiger partial charge in [0.2, 0.25) is 0 Å². The van der Waals surface area contributed by atoms with Gasteiger partial charge in [0.1, 0.15) is 0 Å². The molecular weight excluding hydrogens is 228 g/mol. The van der Waals surface area contributed by atoms with Crippen molar-refractivity contribution in [3.8, 4) is 11.5 Å². The Bertz CT molecular complexity index is 375. The van der Waals surface area contributed by atoms with Gasteiger partial charge in [0.15, 0.2) is 11.5 Å². The van der Waals surface area contributed by atoms with Gasteiger partial charge in [0.05, 0.1) is 25.3 Å². The molecule has 1 aromatic carbocycles. The van der Waals surface area contributed by atoms with Gasteiger partial charge < -0.3 is 14.6 Å². The molecular formula is C12H17ClO3. The number of aliphatic hydroxyl groups excluding tert-OH is 1. The largest absolute Gasteiger partial charge is 0.493 e. The zero-order chi connectivity index (χ0) is 12.3. The molecule has 1 unspecified atom stereocenters. The Balaban J connectivity index is 3.28. The van der Waals surface area contributed by atoms with Crippen LogP contribution in [0.4, 0.5) is 0 Å². The van der Waals surface area contributed by atoms with Crippen LogP contribution in [-0.4, -0.2) is 25.4 Å². The van der Waals surface area contributed by atoms with Crippen LogP contribution < -0.4 is 9.47 Å². The van der Waals surface area contributed by atoms with Crippen LogP contribution in [0.5, 0.6) is 11.5 Å². The first-order valence-corrected chi connectivity index (χ1v) is 5.47. The Morgan fingerprint density at radius 1 is 1.31 bits per heavy atom. The summed E-state index contributed by atoms with van der Waals surface area (Å²) in [5, 5.41) is 9.90. The lowest BCUT2D eigenvalue weighted by Gasteiger charge is -2.16. The second kappa shape index (κ2) is 5.41. The molecule has 0 saturated carbocycles. The summed E-state index contributed by atoms with van der Waals surface area (Å²) in [5.74, 6) is 1.17. The molecule has 0 spiro atoms. The molecule has 1 rings (SSSR count). The van der Waals surface area contributed by atoms with E-state index in [4.69, 9.17) is 21.1 Å². The van der Waals surface area contributed by atoms with Crippen molar-refractivity contribution in [1.82, 2.24) is 0 Å². The summed E-state index contributed by atoms with van der Waals surface area (Å²) in [4.78, 5) is 0. The molecule has 0 bridgehead atoms. The molecule has 1 N–H and O–H groups in total. The average Bonchev–Trinajstić information content (AvgIpc) is 2.21. The van der Waals surface area contributed by atoms with Crippen LogP contribution in [0, 0.1) is 6.92 Å². The molecule has 3 nitrogen and oxygen atoms in total. The first kappa shape index (κ1) is 13.1. The molecule has 0 saturated heterocycles. The molecule has 90 valence electrons. The summed E-state index contributed by atoms with van der Waals surface area (Å²) < 4.78 is 10.5. The van der Waals surface area contributed by atoms with E-state index in [1.54, 1.807) is 21.1 Å². The lowest BCUT2D eigenvalue weighted by atomic mass is 10.0. The van der Waals surface area contributed by atoms with Crippen molar-refractivity contribution < 1.29 is 14.6 Å². The molecule has 0 aliphatic carbocycles. The Kier molecular flexibility index (Phi) is 4.44. The van der Waals surface area contributed by atoms with Crippen LogP contribution in [0.25, 0.3) is 0 Å². The molecule has 0 heterocycles. The average molecular weight is 245 g/mol. The van der Waals surface area contributed by atoms with E-state index in [9.17, 15) is 5.11 Å². The minimum absolute atomic E-state index is 0.409. The molecule has 0 aliphatic rings. The summed E-state index contributed by atoms with van der Waals surface area (Å²) in [6, 6.07) is 1.81. The van der Waals surface area contributed by atoms with Crippen molar-refractivity contribution in [2.75, 3.05) is 14.2 Å². The molecule has 1 atom stereocenters. The maximum Gasteiger partial charge on any atom is 0.179 e. The molecule has 0 radical (unpaired) electrons. The fourth-order valence-corrected chi connectivity index (χ4v) is 2.01. The van der Waals surface area contributed by atoms with E-state index in [2.05, 4.69) is 0 Å². The van der Waals surface area contributed by atoms with Crippen LogP contribution in [0.1, 0.15) is 18.1 Å². The topological polar surface area (TPSA) is 38.7 Å². The van der Waals surface area contributed by atoms with Crippen LogP contribution in [-0.2, 0) is 6.42 Å². The second-order valence-corrected chi connectivity index (χ2v) is 4.17. The van der Waals surface area contributed by atoms with E-state index in [1.807, 2.05) is 13.0 Å². The third kappa shape index (κ3) is 2.60. The molecule has 16 heavy (non-hydrogen) atoms. The number of ether oxygens (including phenoxy) is 2. The Morgan fingerprint density at radius 2 is 1.88 bits per heavy atom. The lowest BCUT2D eigenvalue weighted by molar-refractivity contribution is 0.195. The quantitative estimate of drug-likeness (QED) is 0.885. The van der Waals surface area contributed by atoms with Crippen molar-refractivity contribution in [3.63, 3.8) is 0 Å². The standard InChI is InChI=1S/C12H17ClO3/c1-7(14)5-9-6-10(13)12(16-4)11(15-3)8(9)2/h6-7,14H,5H2,1-4H3. The van der Waals surface area contributed by atoms with E-state index >= 15 is 0 Å². The van der Waals surface area contributed by atoms with E-state index in [0.717, 1.165) is 11.1 Å². The van der Waals surface area contributed by atoms with Gasteiger partial charge in [-0.15, -0.1) is 0 Å². The van der Waals surface area contributed by atoms with Crippen LogP contribution in [0.2, 0.25) is 5.02 Å². The minimum atomic E-state index is -0.409. The first-order valence-electron chi connectivity index (χ1n) is 5.09. The molecule has 0 aliphatic heterocycles. The molecule has 0 amide bonds. The monoisotopic (exact) mass is 244 g/mol. The maximum atomic E-state index is 9.40. The van der Waals surface area contributed by atoms with Crippen LogP contribution >= 0.6 is 11.6 Å². The smallest absolute Gasteiger partial charge is 0.179 e. The van der Waals surface area contributed by atoms with Crippen LogP contribution in [0.3, 0.4) is 0 Å². The van der Waals surface area contributed by atoms with Gasteiger partial charge in [-0.2, -0.15) is 0 Å². The number of halogens is 1. The van der Waals surface area contributed by atoms with Crippen molar-refractivity contribution in [2.24, 2.45) is 0 Å². The van der Waals surface area contributed by atoms with Crippen molar-refractivity contribution in [1.29, 1.82) is 0 Å². The highest BCUT2D eigenvalue weighted by Gasteiger charge is 2.16. The summed E-state index contributed by atoms with van der Waals surface area (Å²) in [7, 11) is 3.13. The number of aliphatic hydroxyl groups is 1. The Hall–Kier alpha value is -0.930. The van der Waals surface area contributed by atoms with E-state index in [1.165, 1.54) is 0 Å². The fourth-order valence-electron chi connectivity index (χ4n) is 1.72. The predicted molar refractivity (Wildman–Crippen MR) is 64.7 cm³/mol. The van der Waals surface area contributed by atoms with E-state index in [-0.39, 0.29) is 0 Å². The lowest BCUT2D eigenvalue weighted by Crippen LogP contribution is -2.07. The van der Waals surface area contributed by atoms with Gasteiger partial charge in [-0.1, -0.05) is 11.6 Å². The van der Waals surface area contributed by atoms with Crippen LogP contribution in [0.15, 0.2) is 6.07 Å². The number of rotatable bonds is 4. The second-order valence-electron chi connectivity index (χ2n) is 3.76. The van der Waals surface area contributed by atoms with Gasteiger partial charge in [-0.05, 0) is 37.5 Å². The van der Waals surface area contributed by atoms with Gasteiger partial charge in [0, 0.05) is 0 Å². The Morgan fingerprint density at radius 3 is 2.31 bits per heavy atom. The number of hydrogen-bond acceptors (Lipinski definition) is 3. The number of hydrogen-bond donors (Lipinski definition) is 1. The summed E-state index contributed by atoms with van der Waals surface area (Å²) in [6.07, 6.45) is 0.138. The number of methoxy groups -OCH3 is 2. The van der Waals surface area contributed by atoms with Crippen molar-refractivity contribution in [2.45, 2.75) is 26.4 Å². The van der Waals surface area contributed by atoms with Gasteiger partial charge in [0.25, 0.3) is 0 Å². The van der Waals surface area contributed by atoms with Crippen molar-refractivity contribution >= 4 is 11.6 Å². The van der Waals surface area contributed by atoms with Gasteiger partial charge in [-0.3, -0.25) is 0 Å². The fraction of sp³-hybridized carbons (Fsp3) is 0.500. The van der Waals surface area contributed by atoms with E-state index in [0.29, 0.717) is 22.9 Å². The van der Waals surface area contributed by atoms with Gasteiger partial charge >= 0.3 is 0 Å². The molecule has 4 heteroatoms. The highest BCUT2D eigenvalue weighted by molar-refractivity contribution is 6.32. The highest BCUT2D eigenvalue weighted by atomic mass is 35.5. The molecule has 0 aromatic heterocycles. The SMILES string of the molecule is COc1c(Cl)cc(CC(C)O)c(C)c1OC. The normalized spacial score (nSPS) is 12.4. The summed E-state index contributed by atoms with van der Waals surface area (Å²) >= 11 is 6.08. The van der Waals surface area contributed by atoms with Crippen molar-refractivity contribution in [3.05, 3.63) is 22.2 Å². The zero-order valence-electron chi connectivity index (χ0n) is 10.0. The van der Waals surface area contributed by atoms with Gasteiger partial charge in [-0.25, -0.2) is 0 Å². The highest BCUT2D eigenvalue weighted by Crippen LogP contribution is 2.39.